The van der Waals surface area contributed by atoms with Crippen LogP contribution in [0.5, 0.6) is 0 Å². The molecule has 8 nitrogen and oxygen atoms in total. The second kappa shape index (κ2) is 11.1. The van der Waals surface area contributed by atoms with Crippen LogP contribution in [0.1, 0.15) is 46.2 Å². The van der Waals surface area contributed by atoms with Gasteiger partial charge in [-0.1, -0.05) is 0 Å². The normalized spacial score (nSPS) is 14.9. The number of ether oxygens (including phenoxy) is 1. The van der Waals surface area contributed by atoms with Gasteiger partial charge in [0.25, 0.3) is 0 Å². The average Bonchev–Trinajstić information content (AvgIpc) is 3.28. The van der Waals surface area contributed by atoms with Crippen molar-refractivity contribution in [1.82, 2.24) is 20.9 Å². The summed E-state index contributed by atoms with van der Waals surface area (Å²) < 4.78 is 5.21. The van der Waals surface area contributed by atoms with Crippen LogP contribution in [0.4, 0.5) is 9.93 Å². The molecule has 0 atom stereocenters. The lowest BCUT2D eigenvalue weighted by Gasteiger charge is -2.19. The minimum Gasteiger partial charge on any atom is -0.444 e. The van der Waals surface area contributed by atoms with E-state index in [1.807, 2.05) is 27.7 Å². The molecule has 1 saturated heterocycles. The van der Waals surface area contributed by atoms with E-state index in [4.69, 9.17) is 9.72 Å². The van der Waals surface area contributed by atoms with Crippen molar-refractivity contribution in [3.8, 4) is 0 Å². The number of thiazole rings is 1. The van der Waals surface area contributed by atoms with Crippen LogP contribution < -0.4 is 20.9 Å². The van der Waals surface area contributed by atoms with E-state index in [1.54, 1.807) is 11.3 Å². The van der Waals surface area contributed by atoms with Crippen LogP contribution in [0.25, 0.3) is 0 Å². The van der Waals surface area contributed by atoms with Crippen LogP contribution in [0.15, 0.2) is 10.4 Å². The zero-order valence-corrected chi connectivity index (χ0v) is 18.3. The van der Waals surface area contributed by atoms with Crippen LogP contribution in [-0.4, -0.2) is 61.9 Å². The zero-order valence-electron chi connectivity index (χ0n) is 17.5. The van der Waals surface area contributed by atoms with E-state index < -0.39 is 11.7 Å². The Balaban J connectivity index is 1.70. The molecule has 158 valence electrons. The fourth-order valence-corrected chi connectivity index (χ4v) is 3.66. The zero-order chi connectivity index (χ0) is 20.4. The number of nitrogens with zero attached hydrogens (tertiary/aromatic N) is 3. The number of alkyl carbamates (subject to hydrolysis) is 1. The van der Waals surface area contributed by atoms with Gasteiger partial charge >= 0.3 is 6.09 Å². The third kappa shape index (κ3) is 8.33. The summed E-state index contributed by atoms with van der Waals surface area (Å²) in [6.45, 7) is 12.3. The van der Waals surface area contributed by atoms with Crippen molar-refractivity contribution in [2.45, 2.75) is 52.6 Å². The molecule has 0 unspecified atom stereocenters. The Morgan fingerprint density at radius 2 is 1.96 bits per heavy atom. The molecule has 1 fully saturated rings. The third-order valence-corrected chi connectivity index (χ3v) is 4.93. The van der Waals surface area contributed by atoms with Gasteiger partial charge in [0, 0.05) is 51.1 Å². The van der Waals surface area contributed by atoms with Crippen LogP contribution in [0, 0.1) is 0 Å². The van der Waals surface area contributed by atoms with Gasteiger partial charge in [0.2, 0.25) is 0 Å². The predicted molar refractivity (Wildman–Crippen MR) is 115 cm³/mol. The molecule has 0 aromatic carbocycles. The molecular formula is C19H34N6O2S. The average molecular weight is 411 g/mol. The number of hydrogen-bond acceptors (Lipinski definition) is 6. The molecule has 3 N–H and O–H groups in total. The third-order valence-electron chi connectivity index (χ3n) is 3.98. The number of rotatable bonds is 8. The van der Waals surface area contributed by atoms with Crippen LogP contribution in [0.3, 0.4) is 0 Å². The van der Waals surface area contributed by atoms with Crippen molar-refractivity contribution in [1.29, 1.82) is 0 Å². The Morgan fingerprint density at radius 3 is 2.64 bits per heavy atom. The second-order valence-electron chi connectivity index (χ2n) is 7.68. The number of carbonyl (C=O) groups excluding carboxylic acids is 1. The molecule has 1 aromatic heterocycles. The number of aromatic nitrogens is 1. The summed E-state index contributed by atoms with van der Waals surface area (Å²) in [5.74, 6) is 0.739. The van der Waals surface area contributed by atoms with Crippen molar-refractivity contribution < 1.29 is 9.53 Å². The molecule has 2 rings (SSSR count). The second-order valence-corrected chi connectivity index (χ2v) is 8.52. The van der Waals surface area contributed by atoms with Gasteiger partial charge in [0.1, 0.15) is 5.60 Å². The van der Waals surface area contributed by atoms with Gasteiger partial charge in [-0.3, -0.25) is 4.99 Å². The van der Waals surface area contributed by atoms with Crippen molar-refractivity contribution in [2.24, 2.45) is 4.99 Å². The van der Waals surface area contributed by atoms with Gasteiger partial charge in [0.05, 0.1) is 5.69 Å². The summed E-state index contributed by atoms with van der Waals surface area (Å²) in [4.78, 5) is 23.3. The molecule has 28 heavy (non-hydrogen) atoms. The first-order valence-electron chi connectivity index (χ1n) is 10.1. The highest BCUT2D eigenvalue weighted by molar-refractivity contribution is 7.13. The highest BCUT2D eigenvalue weighted by Gasteiger charge is 2.16. The van der Waals surface area contributed by atoms with E-state index in [2.05, 4.69) is 31.2 Å². The predicted octanol–water partition coefficient (Wildman–Crippen LogP) is 2.37. The van der Waals surface area contributed by atoms with Gasteiger partial charge in [-0.05, 0) is 40.5 Å². The van der Waals surface area contributed by atoms with Crippen LogP contribution in [0.2, 0.25) is 0 Å². The smallest absolute Gasteiger partial charge is 0.407 e. The molecule has 1 aromatic rings. The number of hydrogen-bond donors (Lipinski definition) is 3. The van der Waals surface area contributed by atoms with Crippen molar-refractivity contribution >= 4 is 28.5 Å². The van der Waals surface area contributed by atoms with Gasteiger partial charge in [-0.15, -0.1) is 11.3 Å². The Hall–Kier alpha value is -2.03. The standard InChI is InChI=1S/C19H34N6O2S/c1-5-20-16(22-10-11-23-18(26)27-19(2,3)4)21-9-8-15-14-28-17(24-15)25-12-6-7-13-25/h14H,5-13H2,1-4H3,(H,23,26)(H2,20,21,22). The van der Waals surface area contributed by atoms with E-state index in [0.29, 0.717) is 19.6 Å². The molecule has 0 radical (unpaired) electrons. The molecule has 9 heteroatoms. The summed E-state index contributed by atoms with van der Waals surface area (Å²) in [7, 11) is 0. The van der Waals surface area contributed by atoms with Crippen molar-refractivity contribution in [2.75, 3.05) is 44.2 Å². The maximum absolute atomic E-state index is 11.6. The molecule has 0 saturated carbocycles. The van der Waals surface area contributed by atoms with E-state index >= 15 is 0 Å². The van der Waals surface area contributed by atoms with Crippen molar-refractivity contribution in [3.63, 3.8) is 0 Å². The summed E-state index contributed by atoms with van der Waals surface area (Å²) in [5.41, 5.74) is 0.608. The lowest BCUT2D eigenvalue weighted by Crippen LogP contribution is -2.42. The van der Waals surface area contributed by atoms with Gasteiger partial charge in [0.15, 0.2) is 11.1 Å². The Morgan fingerprint density at radius 1 is 1.25 bits per heavy atom. The largest absolute Gasteiger partial charge is 0.444 e. The van der Waals surface area contributed by atoms with Crippen LogP contribution in [-0.2, 0) is 11.2 Å². The first-order valence-corrected chi connectivity index (χ1v) is 10.9. The number of aliphatic imine (C=N–C) groups is 1. The summed E-state index contributed by atoms with van der Waals surface area (Å²) >= 11 is 1.72. The Bertz CT molecular complexity index is 635. The molecule has 1 aliphatic heterocycles. The lowest BCUT2D eigenvalue weighted by atomic mass is 10.2. The molecular weight excluding hydrogens is 376 g/mol. The molecule has 1 aliphatic rings. The first kappa shape index (κ1) is 22.3. The topological polar surface area (TPSA) is 90.9 Å². The molecule has 0 aliphatic carbocycles. The SMILES string of the molecule is CCNC(=NCCc1csc(N2CCCC2)n1)NCCNC(=O)OC(C)(C)C. The summed E-state index contributed by atoms with van der Waals surface area (Å²) in [6.07, 6.45) is 2.94. The lowest BCUT2D eigenvalue weighted by molar-refractivity contribution is 0.0529. The molecule has 0 bridgehead atoms. The number of nitrogens with one attached hydrogen (secondary N) is 3. The molecule has 1 amide bonds. The Labute approximate surface area is 172 Å². The summed E-state index contributed by atoms with van der Waals surface area (Å²) in [5, 5.41) is 12.4. The molecule has 0 spiro atoms. The first-order chi connectivity index (χ1) is 13.4. The van der Waals surface area contributed by atoms with E-state index in [-0.39, 0.29) is 0 Å². The fraction of sp³-hybridized carbons (Fsp3) is 0.737. The van der Waals surface area contributed by atoms with Gasteiger partial charge in [-0.2, -0.15) is 0 Å². The maximum Gasteiger partial charge on any atom is 0.407 e. The number of amides is 1. The highest BCUT2D eigenvalue weighted by Crippen LogP contribution is 2.24. The fourth-order valence-electron chi connectivity index (χ4n) is 2.75. The van der Waals surface area contributed by atoms with Crippen molar-refractivity contribution in [3.05, 3.63) is 11.1 Å². The summed E-state index contributed by atoms with van der Waals surface area (Å²) in [6, 6.07) is 0. The van der Waals surface area contributed by atoms with E-state index in [9.17, 15) is 4.79 Å². The van der Waals surface area contributed by atoms with Gasteiger partial charge in [-0.25, -0.2) is 9.78 Å². The number of anilines is 1. The van der Waals surface area contributed by atoms with Gasteiger partial charge < -0.3 is 25.6 Å². The minimum atomic E-state index is -0.488. The monoisotopic (exact) mass is 410 g/mol. The molecule has 2 heterocycles. The minimum absolute atomic E-state index is 0.409. The Kier molecular flexibility index (Phi) is 8.82. The van der Waals surface area contributed by atoms with E-state index in [0.717, 1.165) is 42.8 Å². The number of carbonyl (C=O) groups is 1. The maximum atomic E-state index is 11.6. The highest BCUT2D eigenvalue weighted by atomic mass is 32.1. The van der Waals surface area contributed by atoms with Crippen LogP contribution >= 0.6 is 11.3 Å². The van der Waals surface area contributed by atoms with E-state index in [1.165, 1.54) is 12.8 Å². The quantitative estimate of drug-likeness (QED) is 0.346. The number of guanidine groups is 1.